The molecule has 0 spiro atoms. The molecule has 0 bridgehead atoms. The number of para-hydroxylation sites is 2. The third kappa shape index (κ3) is 4.99. The van der Waals surface area contributed by atoms with E-state index in [1.54, 1.807) is 4.90 Å². The number of rotatable bonds is 4. The zero-order valence-corrected chi connectivity index (χ0v) is 16.6. The van der Waals surface area contributed by atoms with Crippen molar-refractivity contribution in [1.82, 2.24) is 14.9 Å². The van der Waals surface area contributed by atoms with Crippen LogP contribution in [0.15, 0.2) is 24.3 Å². The number of piperidine rings is 1. The van der Waals surface area contributed by atoms with Crippen LogP contribution in [-0.4, -0.2) is 53.2 Å². The number of carbonyl (C=O) groups excluding carboxylic acids is 1. The van der Waals surface area contributed by atoms with Crippen molar-refractivity contribution in [3.05, 3.63) is 24.3 Å². The fraction of sp³-hybridized carbons (Fsp3) is 0.550. The highest BCUT2D eigenvalue weighted by molar-refractivity contribution is 5.80. The van der Waals surface area contributed by atoms with Crippen molar-refractivity contribution < 1.29 is 9.53 Å². The van der Waals surface area contributed by atoms with Crippen molar-refractivity contribution in [2.24, 2.45) is 5.92 Å². The number of nitrogens with zero attached hydrogens (tertiary/aromatic N) is 3. The second-order valence-electron chi connectivity index (χ2n) is 7.95. The molecule has 1 aliphatic rings. The van der Waals surface area contributed by atoms with Crippen LogP contribution in [0.5, 0.6) is 0 Å². The Morgan fingerprint density at radius 3 is 2.30 bits per heavy atom. The van der Waals surface area contributed by atoms with E-state index in [0.717, 1.165) is 55.1 Å². The summed E-state index contributed by atoms with van der Waals surface area (Å²) in [5.41, 5.74) is 1.30. The van der Waals surface area contributed by atoms with Gasteiger partial charge < -0.3 is 20.3 Å². The van der Waals surface area contributed by atoms with Gasteiger partial charge in [-0.1, -0.05) is 12.1 Å². The molecule has 2 heterocycles. The molecule has 7 nitrogen and oxygen atoms in total. The van der Waals surface area contributed by atoms with E-state index in [0.29, 0.717) is 5.92 Å². The average molecular weight is 371 g/mol. The third-order valence-electron chi connectivity index (χ3n) is 4.63. The summed E-state index contributed by atoms with van der Waals surface area (Å²) in [6.45, 7) is 7.94. The first-order chi connectivity index (χ1) is 12.9. The molecular formula is C20H29N5O2. The smallest absolute Gasteiger partial charge is 0.410 e. The highest BCUT2D eigenvalue weighted by atomic mass is 16.6. The van der Waals surface area contributed by atoms with Crippen LogP contribution in [-0.2, 0) is 4.74 Å². The molecule has 1 aliphatic heterocycles. The summed E-state index contributed by atoms with van der Waals surface area (Å²) in [5.74, 6) is 2.01. The summed E-state index contributed by atoms with van der Waals surface area (Å²) in [6.07, 6.45) is 1.68. The summed E-state index contributed by atoms with van der Waals surface area (Å²) in [5, 5.41) is 6.55. The minimum absolute atomic E-state index is 0.216. The minimum Gasteiger partial charge on any atom is -0.444 e. The number of anilines is 2. The van der Waals surface area contributed by atoms with Gasteiger partial charge in [-0.15, -0.1) is 0 Å². The van der Waals surface area contributed by atoms with E-state index in [-0.39, 0.29) is 6.09 Å². The topological polar surface area (TPSA) is 79.4 Å². The van der Waals surface area contributed by atoms with Crippen molar-refractivity contribution in [2.45, 2.75) is 39.2 Å². The van der Waals surface area contributed by atoms with Crippen LogP contribution in [0.25, 0.3) is 11.0 Å². The van der Waals surface area contributed by atoms with Crippen LogP contribution in [0.1, 0.15) is 33.6 Å². The molecule has 7 heteroatoms. The maximum absolute atomic E-state index is 12.2. The van der Waals surface area contributed by atoms with Gasteiger partial charge in [-0.25, -0.2) is 14.8 Å². The molecule has 2 aromatic rings. The van der Waals surface area contributed by atoms with Crippen molar-refractivity contribution in [3.63, 3.8) is 0 Å². The molecule has 2 N–H and O–H groups in total. The van der Waals surface area contributed by atoms with Gasteiger partial charge in [-0.3, -0.25) is 0 Å². The second kappa shape index (κ2) is 7.98. The minimum atomic E-state index is -0.451. The van der Waals surface area contributed by atoms with Crippen LogP contribution < -0.4 is 10.6 Å². The molecule has 3 rings (SSSR count). The molecule has 0 aliphatic carbocycles. The Bertz CT molecular complexity index is 795. The lowest BCUT2D eigenvalue weighted by Gasteiger charge is -2.33. The fourth-order valence-electron chi connectivity index (χ4n) is 3.18. The number of likely N-dealkylation sites (tertiary alicyclic amines) is 1. The van der Waals surface area contributed by atoms with Gasteiger partial charge >= 0.3 is 6.09 Å². The predicted octanol–water partition coefficient (Wildman–Crippen LogP) is 3.73. The molecule has 1 amide bonds. The summed E-state index contributed by atoms with van der Waals surface area (Å²) >= 11 is 0. The number of ether oxygens (including phenoxy) is 1. The SMILES string of the molecule is CNc1nc2ccccc2nc1NCC1CCN(C(=O)OC(C)(C)C)CC1. The first-order valence-corrected chi connectivity index (χ1v) is 9.52. The van der Waals surface area contributed by atoms with Crippen LogP contribution >= 0.6 is 0 Å². The molecule has 1 fully saturated rings. The first kappa shape index (κ1) is 19.2. The van der Waals surface area contributed by atoms with Gasteiger partial charge in [-0.2, -0.15) is 0 Å². The highest BCUT2D eigenvalue weighted by Crippen LogP contribution is 2.24. The number of aromatic nitrogens is 2. The number of amides is 1. The van der Waals surface area contributed by atoms with Gasteiger partial charge in [0.2, 0.25) is 0 Å². The van der Waals surface area contributed by atoms with E-state index in [2.05, 4.69) is 15.6 Å². The van der Waals surface area contributed by atoms with Gasteiger partial charge in [0.15, 0.2) is 11.6 Å². The molecule has 146 valence electrons. The van der Waals surface area contributed by atoms with Crippen molar-refractivity contribution >= 4 is 28.8 Å². The van der Waals surface area contributed by atoms with Gasteiger partial charge in [0.05, 0.1) is 11.0 Å². The van der Waals surface area contributed by atoms with Crippen molar-refractivity contribution in [1.29, 1.82) is 0 Å². The van der Waals surface area contributed by atoms with Crippen LogP contribution in [0.4, 0.5) is 16.4 Å². The molecule has 0 radical (unpaired) electrons. The Morgan fingerprint density at radius 1 is 1.15 bits per heavy atom. The molecule has 1 saturated heterocycles. The van der Waals surface area contributed by atoms with Gasteiger partial charge in [0.1, 0.15) is 5.60 Å². The fourth-order valence-corrected chi connectivity index (χ4v) is 3.18. The molecular weight excluding hydrogens is 342 g/mol. The number of nitrogens with one attached hydrogen (secondary N) is 2. The number of carbonyl (C=O) groups is 1. The summed E-state index contributed by atoms with van der Waals surface area (Å²) in [6, 6.07) is 7.85. The zero-order valence-electron chi connectivity index (χ0n) is 16.6. The number of fused-ring (bicyclic) bond motifs is 1. The van der Waals surface area contributed by atoms with Crippen molar-refractivity contribution in [2.75, 3.05) is 37.3 Å². The van der Waals surface area contributed by atoms with E-state index in [4.69, 9.17) is 9.72 Å². The third-order valence-corrected chi connectivity index (χ3v) is 4.63. The Labute approximate surface area is 160 Å². The average Bonchev–Trinajstić information content (AvgIpc) is 2.64. The summed E-state index contributed by atoms with van der Waals surface area (Å²) < 4.78 is 5.46. The van der Waals surface area contributed by atoms with Gasteiger partial charge in [0.25, 0.3) is 0 Å². The van der Waals surface area contributed by atoms with Crippen LogP contribution in [0.2, 0.25) is 0 Å². The lowest BCUT2D eigenvalue weighted by atomic mass is 9.97. The zero-order chi connectivity index (χ0) is 19.4. The molecule has 1 aromatic carbocycles. The lowest BCUT2D eigenvalue weighted by Crippen LogP contribution is -2.42. The van der Waals surface area contributed by atoms with Gasteiger partial charge in [-0.05, 0) is 51.7 Å². The van der Waals surface area contributed by atoms with Crippen molar-refractivity contribution in [3.8, 4) is 0 Å². The molecule has 0 saturated carbocycles. The first-order valence-electron chi connectivity index (χ1n) is 9.52. The normalized spacial score (nSPS) is 15.6. The number of hydrogen-bond donors (Lipinski definition) is 2. The monoisotopic (exact) mass is 371 g/mol. The van der Waals surface area contributed by atoms with E-state index in [9.17, 15) is 4.79 Å². The second-order valence-corrected chi connectivity index (χ2v) is 7.95. The maximum atomic E-state index is 12.2. The quantitative estimate of drug-likeness (QED) is 0.852. The van der Waals surface area contributed by atoms with E-state index in [1.807, 2.05) is 52.1 Å². The van der Waals surface area contributed by atoms with E-state index in [1.165, 1.54) is 0 Å². The Morgan fingerprint density at radius 2 is 1.74 bits per heavy atom. The predicted molar refractivity (Wildman–Crippen MR) is 108 cm³/mol. The Kier molecular flexibility index (Phi) is 5.68. The summed E-state index contributed by atoms with van der Waals surface area (Å²) in [4.78, 5) is 23.3. The molecule has 27 heavy (non-hydrogen) atoms. The molecule has 1 aromatic heterocycles. The van der Waals surface area contributed by atoms with E-state index >= 15 is 0 Å². The Hall–Kier alpha value is -2.57. The largest absolute Gasteiger partial charge is 0.444 e. The Balaban J connectivity index is 1.56. The van der Waals surface area contributed by atoms with Crippen LogP contribution in [0, 0.1) is 5.92 Å². The highest BCUT2D eigenvalue weighted by Gasteiger charge is 2.26. The molecule has 0 unspecified atom stereocenters. The van der Waals surface area contributed by atoms with Gasteiger partial charge in [0, 0.05) is 26.7 Å². The summed E-state index contributed by atoms with van der Waals surface area (Å²) in [7, 11) is 1.85. The molecule has 0 atom stereocenters. The standard InChI is InChI=1S/C20H29N5O2/c1-20(2,3)27-19(26)25-11-9-14(10-12-25)13-22-18-17(21-4)23-15-7-5-6-8-16(15)24-18/h5-8,14H,9-13H2,1-4H3,(H,21,23)(H,22,24). The van der Waals surface area contributed by atoms with E-state index < -0.39 is 5.60 Å². The van der Waals surface area contributed by atoms with Crippen LogP contribution in [0.3, 0.4) is 0 Å². The maximum Gasteiger partial charge on any atom is 0.410 e. The lowest BCUT2D eigenvalue weighted by molar-refractivity contribution is 0.0188. The number of benzene rings is 1. The number of hydrogen-bond acceptors (Lipinski definition) is 6.